The fourth-order valence-corrected chi connectivity index (χ4v) is 2.71. The van der Waals surface area contributed by atoms with Crippen molar-refractivity contribution in [3.05, 3.63) is 68.8 Å². The van der Waals surface area contributed by atoms with Crippen LogP contribution in [0.4, 0.5) is 0 Å². The first kappa shape index (κ1) is 14.8. The molecule has 2 rings (SSSR count). The van der Waals surface area contributed by atoms with E-state index in [9.17, 15) is 5.11 Å². The third-order valence-corrected chi connectivity index (χ3v) is 4.79. The number of benzene rings is 2. The fraction of sp³-hybridized carbons (Fsp3) is 0.368. The van der Waals surface area contributed by atoms with Gasteiger partial charge < -0.3 is 5.11 Å². The number of aliphatic hydroxyl groups excluding tert-OH is 1. The van der Waals surface area contributed by atoms with Crippen molar-refractivity contribution in [1.82, 2.24) is 0 Å². The third-order valence-electron chi connectivity index (χ3n) is 4.79. The van der Waals surface area contributed by atoms with E-state index >= 15 is 0 Å². The maximum absolute atomic E-state index is 10.8. The number of rotatable bonds is 2. The predicted octanol–water partition coefficient (Wildman–Crippen LogP) is 4.62. The van der Waals surface area contributed by atoms with Crippen molar-refractivity contribution in [3.63, 3.8) is 0 Å². The minimum Gasteiger partial charge on any atom is -0.384 e. The average Bonchev–Trinajstić information content (AvgIpc) is 2.42. The van der Waals surface area contributed by atoms with Crippen molar-refractivity contribution in [2.45, 2.75) is 47.6 Å². The Kier molecular flexibility index (Phi) is 4.01. The van der Waals surface area contributed by atoms with Gasteiger partial charge in [-0.2, -0.15) is 0 Å². The summed E-state index contributed by atoms with van der Waals surface area (Å²) in [5, 5.41) is 10.8. The van der Waals surface area contributed by atoms with Crippen LogP contribution in [0.3, 0.4) is 0 Å². The summed E-state index contributed by atoms with van der Waals surface area (Å²) in [6.45, 7) is 12.6. The lowest BCUT2D eigenvalue weighted by Gasteiger charge is -2.20. The quantitative estimate of drug-likeness (QED) is 0.842. The minimum atomic E-state index is -0.548. The number of hydrogen-bond donors (Lipinski definition) is 1. The van der Waals surface area contributed by atoms with Gasteiger partial charge in [0.15, 0.2) is 0 Å². The second-order valence-corrected chi connectivity index (χ2v) is 5.85. The molecule has 0 heterocycles. The highest BCUT2D eigenvalue weighted by atomic mass is 16.3. The van der Waals surface area contributed by atoms with Crippen molar-refractivity contribution in [2.75, 3.05) is 0 Å². The van der Waals surface area contributed by atoms with Crippen molar-refractivity contribution in [1.29, 1.82) is 0 Å². The third kappa shape index (κ3) is 2.38. The summed E-state index contributed by atoms with van der Waals surface area (Å²) >= 11 is 0. The molecule has 0 unspecified atom stereocenters. The highest BCUT2D eigenvalue weighted by Gasteiger charge is 2.17. The van der Waals surface area contributed by atoms with E-state index in [4.69, 9.17) is 0 Å². The van der Waals surface area contributed by atoms with Crippen LogP contribution in [0.1, 0.15) is 50.6 Å². The molecule has 1 N–H and O–H groups in total. The maximum atomic E-state index is 10.8. The van der Waals surface area contributed by atoms with E-state index in [0.29, 0.717) is 0 Å². The lowest BCUT2D eigenvalue weighted by molar-refractivity contribution is 0.218. The maximum Gasteiger partial charge on any atom is 0.105 e. The van der Waals surface area contributed by atoms with Crippen LogP contribution in [0.2, 0.25) is 0 Å². The van der Waals surface area contributed by atoms with Gasteiger partial charge in [0.25, 0.3) is 0 Å². The number of aliphatic hydroxyl groups is 1. The normalized spacial score (nSPS) is 11.2. The Morgan fingerprint density at radius 2 is 0.950 bits per heavy atom. The van der Waals surface area contributed by atoms with Crippen LogP contribution in [0, 0.1) is 41.5 Å². The van der Waals surface area contributed by atoms with E-state index in [1.54, 1.807) is 0 Å². The molecule has 0 aliphatic carbocycles. The zero-order valence-electron chi connectivity index (χ0n) is 13.3. The van der Waals surface area contributed by atoms with Crippen LogP contribution < -0.4 is 0 Å². The van der Waals surface area contributed by atoms with Gasteiger partial charge >= 0.3 is 0 Å². The van der Waals surface area contributed by atoms with Crippen molar-refractivity contribution in [2.24, 2.45) is 0 Å². The lowest BCUT2D eigenvalue weighted by Crippen LogP contribution is -2.07. The molecule has 0 saturated heterocycles. The van der Waals surface area contributed by atoms with Gasteiger partial charge in [0.2, 0.25) is 0 Å². The highest BCUT2D eigenvalue weighted by molar-refractivity contribution is 5.47. The molecule has 0 spiro atoms. The molecule has 0 fully saturated rings. The molecule has 106 valence electrons. The molecular weight excluding hydrogens is 244 g/mol. The van der Waals surface area contributed by atoms with Crippen LogP contribution >= 0.6 is 0 Å². The van der Waals surface area contributed by atoms with Crippen molar-refractivity contribution < 1.29 is 5.11 Å². The van der Waals surface area contributed by atoms with Gasteiger partial charge in [-0.25, -0.2) is 0 Å². The molecular formula is C19H24O. The molecule has 2 aromatic rings. The Hall–Kier alpha value is -1.60. The van der Waals surface area contributed by atoms with E-state index in [1.165, 1.54) is 33.4 Å². The molecule has 0 aliphatic heterocycles. The van der Waals surface area contributed by atoms with E-state index in [-0.39, 0.29) is 0 Å². The number of hydrogen-bond acceptors (Lipinski definition) is 1. The molecule has 2 aromatic carbocycles. The molecule has 0 amide bonds. The standard InChI is InChI=1S/C19H24O/c1-11-7-9-17(15(5)13(11)3)19(20)18-10-8-12(2)14(4)16(18)6/h7-10,19-20H,1-6H3. The summed E-state index contributed by atoms with van der Waals surface area (Å²) in [6, 6.07) is 8.29. The van der Waals surface area contributed by atoms with Crippen LogP contribution in [-0.4, -0.2) is 5.11 Å². The molecule has 0 aromatic heterocycles. The van der Waals surface area contributed by atoms with Gasteiger partial charge in [-0.15, -0.1) is 0 Å². The SMILES string of the molecule is Cc1ccc(C(O)c2ccc(C)c(C)c2C)c(C)c1C. The van der Waals surface area contributed by atoms with E-state index in [1.807, 2.05) is 0 Å². The second-order valence-electron chi connectivity index (χ2n) is 5.85. The second kappa shape index (κ2) is 5.41. The van der Waals surface area contributed by atoms with Gasteiger partial charge in [0.05, 0.1) is 0 Å². The summed E-state index contributed by atoms with van der Waals surface area (Å²) in [5.41, 5.74) is 9.49. The zero-order valence-corrected chi connectivity index (χ0v) is 13.3. The molecule has 0 radical (unpaired) electrons. The first-order valence-corrected chi connectivity index (χ1v) is 7.16. The Labute approximate surface area is 122 Å². The summed E-state index contributed by atoms with van der Waals surface area (Å²) in [7, 11) is 0. The molecule has 0 atom stereocenters. The smallest absolute Gasteiger partial charge is 0.105 e. The Balaban J connectivity index is 2.55. The Morgan fingerprint density at radius 1 is 0.600 bits per heavy atom. The summed E-state index contributed by atoms with van der Waals surface area (Å²) < 4.78 is 0. The zero-order chi connectivity index (χ0) is 15.0. The van der Waals surface area contributed by atoms with Gasteiger partial charge in [-0.3, -0.25) is 0 Å². The molecule has 0 saturated carbocycles. The Morgan fingerprint density at radius 3 is 1.30 bits per heavy atom. The van der Waals surface area contributed by atoms with Gasteiger partial charge in [0.1, 0.15) is 6.10 Å². The molecule has 0 aliphatic rings. The van der Waals surface area contributed by atoms with Gasteiger partial charge in [-0.05, 0) is 86.1 Å². The van der Waals surface area contributed by atoms with Crippen LogP contribution in [0.5, 0.6) is 0 Å². The van der Waals surface area contributed by atoms with E-state index in [2.05, 4.69) is 65.8 Å². The first-order valence-electron chi connectivity index (χ1n) is 7.16. The van der Waals surface area contributed by atoms with Crippen molar-refractivity contribution >= 4 is 0 Å². The first-order chi connectivity index (χ1) is 9.34. The monoisotopic (exact) mass is 268 g/mol. The predicted molar refractivity (Wildman–Crippen MR) is 85.4 cm³/mol. The van der Waals surface area contributed by atoms with Crippen molar-refractivity contribution in [3.8, 4) is 0 Å². The minimum absolute atomic E-state index is 0.548. The van der Waals surface area contributed by atoms with Crippen LogP contribution in [0.25, 0.3) is 0 Å². The highest BCUT2D eigenvalue weighted by Crippen LogP contribution is 2.31. The fourth-order valence-electron chi connectivity index (χ4n) is 2.71. The summed E-state index contributed by atoms with van der Waals surface area (Å²) in [5.74, 6) is 0. The van der Waals surface area contributed by atoms with Gasteiger partial charge in [0, 0.05) is 0 Å². The molecule has 0 bridgehead atoms. The summed E-state index contributed by atoms with van der Waals surface area (Å²) in [4.78, 5) is 0. The van der Waals surface area contributed by atoms with Gasteiger partial charge in [-0.1, -0.05) is 24.3 Å². The Bertz CT molecular complexity index is 596. The summed E-state index contributed by atoms with van der Waals surface area (Å²) in [6.07, 6.45) is -0.548. The molecule has 20 heavy (non-hydrogen) atoms. The average molecular weight is 268 g/mol. The number of aryl methyl sites for hydroxylation is 2. The molecule has 1 heteroatoms. The topological polar surface area (TPSA) is 20.2 Å². The van der Waals surface area contributed by atoms with Crippen LogP contribution in [0.15, 0.2) is 24.3 Å². The van der Waals surface area contributed by atoms with Crippen LogP contribution in [-0.2, 0) is 0 Å². The lowest BCUT2D eigenvalue weighted by atomic mass is 9.88. The van der Waals surface area contributed by atoms with E-state index in [0.717, 1.165) is 11.1 Å². The van der Waals surface area contributed by atoms with E-state index < -0.39 is 6.10 Å². The largest absolute Gasteiger partial charge is 0.384 e. The molecule has 1 nitrogen and oxygen atoms in total.